The van der Waals surface area contributed by atoms with Crippen molar-refractivity contribution in [2.45, 2.75) is 0 Å². The number of rotatable bonds is 7. The summed E-state index contributed by atoms with van der Waals surface area (Å²) in [5, 5.41) is 6.93. The maximum atomic E-state index is 5.97. The summed E-state index contributed by atoms with van der Waals surface area (Å²) in [6.07, 6.45) is 0. The van der Waals surface area contributed by atoms with E-state index in [0.29, 0.717) is 11.8 Å². The predicted molar refractivity (Wildman–Crippen MR) is 286 cm³/mol. The Kier molecular flexibility index (Phi) is 8.19. The molecule has 0 saturated heterocycles. The van der Waals surface area contributed by atoms with Crippen molar-refractivity contribution in [1.29, 1.82) is 0 Å². The lowest BCUT2D eigenvalue weighted by molar-refractivity contribution is 0.936. The molecule has 0 aliphatic carbocycles. The Labute approximate surface area is 401 Å². The summed E-state index contributed by atoms with van der Waals surface area (Å²) in [5.41, 5.74) is 11.2. The summed E-state index contributed by atoms with van der Waals surface area (Å²) < 4.78 is 11.3. The smallest absolute Gasteiger partial charge is 0.238 e. The number of para-hydroxylation sites is 10. The zero-order chi connectivity index (χ0) is 45.9. The van der Waals surface area contributed by atoms with Gasteiger partial charge in [0.1, 0.15) is 5.82 Å². The maximum absolute atomic E-state index is 5.97. The second kappa shape index (κ2) is 14.8. The van der Waals surface area contributed by atoms with Gasteiger partial charge in [0.15, 0.2) is 0 Å². The van der Waals surface area contributed by atoms with Crippen molar-refractivity contribution in [1.82, 2.24) is 42.4 Å². The molecule has 0 fully saturated rings. The van der Waals surface area contributed by atoms with E-state index in [1.165, 1.54) is 26.3 Å². The lowest BCUT2D eigenvalue weighted by atomic mass is 10.2. The third-order valence-corrected chi connectivity index (χ3v) is 18.9. The molecule has 0 unspecified atom stereocenters. The Bertz CT molecular complexity index is 4300. The standard InChI is InChI=1S/C60H39N9Si/c1-3-21-41(22-4-1)70(42-23-5-2-6-24-42,43-25-19-20-40(38-43)65-48-30-11-7-26-44(48)45-27-8-12-31-49(45)65)57-39-56(68-54-36-17-15-34-52(54)66-50-32-13-9-28-46(50)61-59(66)68)63-58(64-57)69-55-37-18-16-35-53(55)67-51-33-14-10-29-47(51)62-60(67)69/h1-39H. The Hall–Kier alpha value is -9.38. The highest BCUT2D eigenvalue weighted by molar-refractivity contribution is 7.19. The van der Waals surface area contributed by atoms with E-state index in [4.69, 9.17) is 19.9 Å². The minimum absolute atomic E-state index is 0.517. The van der Waals surface area contributed by atoms with E-state index in [2.05, 4.69) is 247 Å². The molecule has 6 aromatic heterocycles. The molecule has 0 N–H and O–H groups in total. The van der Waals surface area contributed by atoms with Gasteiger partial charge in [0.25, 0.3) is 0 Å². The van der Waals surface area contributed by atoms with E-state index >= 15 is 0 Å². The number of hydrogen-bond acceptors (Lipinski definition) is 4. The molecule has 0 aliphatic heterocycles. The van der Waals surface area contributed by atoms with E-state index < -0.39 is 8.07 Å². The fourth-order valence-electron chi connectivity index (χ4n) is 11.4. The number of hydrogen-bond donors (Lipinski definition) is 0. The van der Waals surface area contributed by atoms with Gasteiger partial charge < -0.3 is 4.57 Å². The van der Waals surface area contributed by atoms with Crippen LogP contribution in [0.15, 0.2) is 237 Å². The van der Waals surface area contributed by atoms with Crippen LogP contribution in [-0.4, -0.2) is 50.5 Å². The van der Waals surface area contributed by atoms with E-state index in [9.17, 15) is 0 Å². The molecular formula is C60H39N9Si. The number of benzene rings is 9. The molecule has 0 saturated carbocycles. The van der Waals surface area contributed by atoms with E-state index in [0.717, 1.165) is 77.7 Å². The Morgan fingerprint density at radius 3 is 1.31 bits per heavy atom. The molecule has 0 radical (unpaired) electrons. The highest BCUT2D eigenvalue weighted by Gasteiger charge is 2.44. The normalized spacial score (nSPS) is 12.3. The van der Waals surface area contributed by atoms with E-state index in [1.807, 2.05) is 12.1 Å². The van der Waals surface area contributed by atoms with Crippen LogP contribution in [0, 0.1) is 0 Å². The van der Waals surface area contributed by atoms with Crippen molar-refractivity contribution in [3.63, 3.8) is 0 Å². The van der Waals surface area contributed by atoms with Gasteiger partial charge in [-0.25, -0.2) is 19.5 Å². The zero-order valence-electron chi connectivity index (χ0n) is 37.5. The quantitative estimate of drug-likeness (QED) is 0.118. The molecule has 9 aromatic carbocycles. The Morgan fingerprint density at radius 1 is 0.300 bits per heavy atom. The van der Waals surface area contributed by atoms with Gasteiger partial charge in [-0.05, 0) is 88.4 Å². The largest absolute Gasteiger partial charge is 0.309 e. The average molecular weight is 914 g/mol. The second-order valence-electron chi connectivity index (χ2n) is 17.9. The van der Waals surface area contributed by atoms with Gasteiger partial charge in [0.2, 0.25) is 25.6 Å². The number of imidazole rings is 4. The molecule has 0 atom stereocenters. The molecule has 15 aromatic rings. The molecule has 10 heteroatoms. The van der Waals surface area contributed by atoms with Gasteiger partial charge in [0, 0.05) is 27.8 Å². The van der Waals surface area contributed by atoms with Crippen LogP contribution in [0.2, 0.25) is 0 Å². The predicted octanol–water partition coefficient (Wildman–Crippen LogP) is 10.4. The first-order valence-corrected chi connectivity index (χ1v) is 25.6. The summed E-state index contributed by atoms with van der Waals surface area (Å²) in [5.74, 6) is 2.73. The van der Waals surface area contributed by atoms with Crippen LogP contribution >= 0.6 is 0 Å². The summed E-state index contributed by atoms with van der Waals surface area (Å²) >= 11 is 0. The van der Waals surface area contributed by atoms with Gasteiger partial charge in [-0.3, -0.25) is 13.4 Å². The van der Waals surface area contributed by atoms with E-state index in [-0.39, 0.29) is 0 Å². The van der Waals surface area contributed by atoms with Crippen LogP contribution in [0.1, 0.15) is 0 Å². The van der Waals surface area contributed by atoms with Crippen LogP contribution < -0.4 is 20.9 Å². The highest BCUT2D eigenvalue weighted by atomic mass is 28.3. The molecular weight excluding hydrogens is 875 g/mol. The second-order valence-corrected chi connectivity index (χ2v) is 21.7. The lowest BCUT2D eigenvalue weighted by Gasteiger charge is -2.34. The first kappa shape index (κ1) is 38.7. The minimum Gasteiger partial charge on any atom is -0.309 e. The fraction of sp³-hybridized carbons (Fsp3) is 0. The first-order valence-electron chi connectivity index (χ1n) is 23.6. The lowest BCUT2D eigenvalue weighted by Crippen LogP contribution is -2.75. The molecule has 15 rings (SSSR count). The van der Waals surface area contributed by atoms with Crippen molar-refractivity contribution in [2.75, 3.05) is 0 Å². The van der Waals surface area contributed by atoms with Gasteiger partial charge >= 0.3 is 0 Å². The summed E-state index contributed by atoms with van der Waals surface area (Å²) in [6, 6.07) is 84.6. The van der Waals surface area contributed by atoms with Crippen LogP contribution in [0.3, 0.4) is 0 Å². The monoisotopic (exact) mass is 913 g/mol. The third-order valence-electron chi connectivity index (χ3n) is 14.3. The molecule has 0 bridgehead atoms. The maximum Gasteiger partial charge on any atom is 0.238 e. The van der Waals surface area contributed by atoms with Gasteiger partial charge in [-0.1, -0.05) is 158 Å². The number of aromatic nitrogens is 9. The van der Waals surface area contributed by atoms with Crippen molar-refractivity contribution < 1.29 is 0 Å². The molecule has 0 amide bonds. The summed E-state index contributed by atoms with van der Waals surface area (Å²) in [4.78, 5) is 22.4. The summed E-state index contributed by atoms with van der Waals surface area (Å²) in [6.45, 7) is 0. The van der Waals surface area contributed by atoms with Crippen molar-refractivity contribution in [2.24, 2.45) is 0 Å². The van der Waals surface area contributed by atoms with Gasteiger partial charge in [-0.2, -0.15) is 4.98 Å². The molecule has 0 aliphatic rings. The Balaban J connectivity index is 1.11. The van der Waals surface area contributed by atoms with Crippen molar-refractivity contribution >= 4 is 106 Å². The molecule has 0 spiro atoms. The molecule has 6 heterocycles. The highest BCUT2D eigenvalue weighted by Crippen LogP contribution is 2.34. The van der Waals surface area contributed by atoms with E-state index in [1.54, 1.807) is 0 Å². The Morgan fingerprint density at radius 2 is 0.743 bits per heavy atom. The van der Waals surface area contributed by atoms with Crippen LogP contribution in [-0.2, 0) is 0 Å². The molecule has 328 valence electrons. The van der Waals surface area contributed by atoms with Crippen molar-refractivity contribution in [3.05, 3.63) is 237 Å². The van der Waals surface area contributed by atoms with Gasteiger partial charge in [-0.15, -0.1) is 0 Å². The number of fused-ring (bicyclic) bond motifs is 13. The van der Waals surface area contributed by atoms with Crippen molar-refractivity contribution in [3.8, 4) is 17.5 Å². The fourth-order valence-corrected chi connectivity index (χ4v) is 15.9. The first-order chi connectivity index (χ1) is 34.7. The van der Waals surface area contributed by atoms with Crippen LogP contribution in [0.25, 0.3) is 94.9 Å². The van der Waals surface area contributed by atoms with Crippen LogP contribution in [0.4, 0.5) is 0 Å². The SMILES string of the molecule is c1ccc([Si](c2ccccc2)(c2cccc(-n3c4ccccc4c4ccccc43)c2)c2cc(-n3c4ccccc4n4c5ccccc5nc34)nc(-n3c4ccccc4n4c5ccccc5nc34)n2)cc1. The third kappa shape index (κ3) is 5.36. The number of nitrogens with zero attached hydrogens (tertiary/aromatic N) is 9. The average Bonchev–Trinajstić information content (AvgIpc) is 4.22. The summed E-state index contributed by atoms with van der Waals surface area (Å²) in [7, 11) is -3.45. The topological polar surface area (TPSA) is 75.2 Å². The minimum atomic E-state index is -3.45. The van der Waals surface area contributed by atoms with Gasteiger partial charge in [0.05, 0.1) is 55.2 Å². The molecule has 70 heavy (non-hydrogen) atoms. The molecule has 9 nitrogen and oxygen atoms in total. The zero-order valence-corrected chi connectivity index (χ0v) is 38.5. The van der Waals surface area contributed by atoms with Crippen LogP contribution in [0.5, 0.6) is 0 Å².